The van der Waals surface area contributed by atoms with E-state index in [4.69, 9.17) is 0 Å². The lowest BCUT2D eigenvalue weighted by Gasteiger charge is -2.09. The van der Waals surface area contributed by atoms with Crippen LogP contribution >= 0.6 is 15.9 Å². The number of pyridine rings is 2. The summed E-state index contributed by atoms with van der Waals surface area (Å²) in [5, 5.41) is 0. The van der Waals surface area contributed by atoms with Gasteiger partial charge in [-0.05, 0) is 39.2 Å². The second-order valence-corrected chi connectivity index (χ2v) is 5.09. The van der Waals surface area contributed by atoms with Crippen LogP contribution in [0.3, 0.4) is 0 Å². The third-order valence-electron chi connectivity index (χ3n) is 2.92. The maximum absolute atomic E-state index is 4.23. The van der Waals surface area contributed by atoms with Gasteiger partial charge >= 0.3 is 0 Å². The average Bonchev–Trinajstić information content (AvgIpc) is 2.48. The molecule has 0 spiro atoms. The van der Waals surface area contributed by atoms with Gasteiger partial charge in [0.1, 0.15) is 0 Å². The second-order valence-electron chi connectivity index (χ2n) is 4.18. The number of hydrogen-bond acceptors (Lipinski definition) is 2. The van der Waals surface area contributed by atoms with Crippen LogP contribution in [0.25, 0.3) is 22.3 Å². The zero-order chi connectivity index (χ0) is 13.1. The first-order valence-electron chi connectivity index (χ1n) is 5.95. The maximum atomic E-state index is 4.23. The molecule has 0 fully saturated rings. The van der Waals surface area contributed by atoms with Gasteiger partial charge in [-0.25, -0.2) is 0 Å². The van der Waals surface area contributed by atoms with E-state index in [0.29, 0.717) is 0 Å². The molecule has 3 rings (SSSR count). The lowest BCUT2D eigenvalue weighted by Crippen LogP contribution is -1.86. The van der Waals surface area contributed by atoms with E-state index in [-0.39, 0.29) is 0 Å². The van der Waals surface area contributed by atoms with Crippen LogP contribution in [-0.4, -0.2) is 9.97 Å². The van der Waals surface area contributed by atoms with Crippen molar-refractivity contribution < 1.29 is 0 Å². The molecule has 3 aromatic rings. The van der Waals surface area contributed by atoms with Crippen molar-refractivity contribution in [2.24, 2.45) is 0 Å². The molecule has 0 radical (unpaired) electrons. The van der Waals surface area contributed by atoms with E-state index in [0.717, 1.165) is 26.7 Å². The molecule has 0 aliphatic carbocycles. The van der Waals surface area contributed by atoms with Gasteiger partial charge in [-0.1, -0.05) is 30.3 Å². The van der Waals surface area contributed by atoms with Gasteiger partial charge in [-0.2, -0.15) is 0 Å². The number of aromatic nitrogens is 2. The third kappa shape index (κ3) is 2.56. The van der Waals surface area contributed by atoms with Crippen molar-refractivity contribution in [3.8, 4) is 22.3 Å². The van der Waals surface area contributed by atoms with Gasteiger partial charge in [0.15, 0.2) is 0 Å². The standard InChI is InChI=1S/C16H11BrN2/c17-14-8-13(10-19-11-14)16-6-2-1-5-15(16)12-4-3-7-18-9-12/h1-11H. The van der Waals surface area contributed by atoms with Gasteiger partial charge in [0.2, 0.25) is 0 Å². The number of benzene rings is 1. The van der Waals surface area contributed by atoms with Crippen LogP contribution in [0.2, 0.25) is 0 Å². The highest BCUT2D eigenvalue weighted by Gasteiger charge is 2.07. The minimum atomic E-state index is 0.978. The summed E-state index contributed by atoms with van der Waals surface area (Å²) in [7, 11) is 0. The quantitative estimate of drug-likeness (QED) is 0.692. The molecule has 2 aromatic heterocycles. The van der Waals surface area contributed by atoms with E-state index in [1.807, 2.05) is 30.6 Å². The molecule has 0 aliphatic heterocycles. The van der Waals surface area contributed by atoms with Crippen molar-refractivity contribution in [1.29, 1.82) is 0 Å². The summed E-state index contributed by atoms with van der Waals surface area (Å²) in [4.78, 5) is 8.42. The Kier molecular flexibility index (Phi) is 3.38. The Morgan fingerprint density at radius 3 is 2.16 bits per heavy atom. The fraction of sp³-hybridized carbons (Fsp3) is 0. The van der Waals surface area contributed by atoms with Crippen molar-refractivity contribution in [1.82, 2.24) is 9.97 Å². The Hall–Kier alpha value is -2.00. The Morgan fingerprint density at radius 1 is 0.737 bits per heavy atom. The number of nitrogens with zero attached hydrogens (tertiary/aromatic N) is 2. The van der Waals surface area contributed by atoms with Gasteiger partial charge < -0.3 is 0 Å². The summed E-state index contributed by atoms with van der Waals surface area (Å²) in [6.07, 6.45) is 7.33. The molecule has 2 nitrogen and oxygen atoms in total. The Morgan fingerprint density at radius 2 is 1.47 bits per heavy atom. The van der Waals surface area contributed by atoms with Gasteiger partial charge in [0.05, 0.1) is 0 Å². The zero-order valence-electron chi connectivity index (χ0n) is 10.1. The monoisotopic (exact) mass is 310 g/mol. The molecule has 0 N–H and O–H groups in total. The summed E-state index contributed by atoms with van der Waals surface area (Å²) >= 11 is 3.47. The minimum Gasteiger partial charge on any atom is -0.264 e. The predicted octanol–water partition coefficient (Wildman–Crippen LogP) is 4.57. The number of rotatable bonds is 2. The highest BCUT2D eigenvalue weighted by atomic mass is 79.9. The fourth-order valence-electron chi connectivity index (χ4n) is 2.07. The molecule has 0 amide bonds. The summed E-state index contributed by atoms with van der Waals surface area (Å²) < 4.78 is 0.978. The van der Waals surface area contributed by atoms with Crippen LogP contribution in [0.4, 0.5) is 0 Å². The van der Waals surface area contributed by atoms with Crippen LogP contribution in [0.5, 0.6) is 0 Å². The number of halogens is 1. The highest BCUT2D eigenvalue weighted by molar-refractivity contribution is 9.10. The first-order valence-corrected chi connectivity index (χ1v) is 6.74. The SMILES string of the molecule is Brc1cncc(-c2ccccc2-c2cccnc2)c1. The molecule has 0 saturated carbocycles. The molecule has 1 aromatic carbocycles. The van der Waals surface area contributed by atoms with Crippen molar-refractivity contribution in [2.75, 3.05) is 0 Å². The minimum absolute atomic E-state index is 0.978. The molecule has 0 saturated heterocycles. The molecule has 0 atom stereocenters. The maximum Gasteiger partial charge on any atom is 0.0410 e. The normalized spacial score (nSPS) is 10.4. The molecule has 3 heteroatoms. The molecular weight excluding hydrogens is 300 g/mol. The summed E-state index contributed by atoms with van der Waals surface area (Å²) in [6, 6.07) is 14.4. The van der Waals surface area contributed by atoms with Gasteiger partial charge in [0.25, 0.3) is 0 Å². The lowest BCUT2D eigenvalue weighted by molar-refractivity contribution is 1.30. The molecular formula is C16H11BrN2. The summed E-state index contributed by atoms with van der Waals surface area (Å²) in [5.74, 6) is 0. The molecule has 2 heterocycles. The average molecular weight is 311 g/mol. The van der Waals surface area contributed by atoms with E-state index in [9.17, 15) is 0 Å². The number of hydrogen-bond donors (Lipinski definition) is 0. The molecule has 0 aliphatic rings. The van der Waals surface area contributed by atoms with Gasteiger partial charge in [-0.3, -0.25) is 9.97 Å². The fourth-order valence-corrected chi connectivity index (χ4v) is 2.43. The smallest absolute Gasteiger partial charge is 0.0410 e. The first-order chi connectivity index (χ1) is 9.34. The van der Waals surface area contributed by atoms with E-state index in [1.54, 1.807) is 12.4 Å². The van der Waals surface area contributed by atoms with Crippen LogP contribution < -0.4 is 0 Å². The van der Waals surface area contributed by atoms with Crippen molar-refractivity contribution >= 4 is 15.9 Å². The zero-order valence-corrected chi connectivity index (χ0v) is 11.7. The van der Waals surface area contributed by atoms with E-state index < -0.39 is 0 Å². The van der Waals surface area contributed by atoms with Crippen LogP contribution in [-0.2, 0) is 0 Å². The van der Waals surface area contributed by atoms with Gasteiger partial charge in [0, 0.05) is 40.4 Å². The second kappa shape index (κ2) is 5.33. The molecule has 19 heavy (non-hydrogen) atoms. The lowest BCUT2D eigenvalue weighted by atomic mass is 9.97. The van der Waals surface area contributed by atoms with Crippen LogP contribution in [0, 0.1) is 0 Å². The van der Waals surface area contributed by atoms with E-state index in [1.165, 1.54) is 0 Å². The largest absolute Gasteiger partial charge is 0.264 e. The van der Waals surface area contributed by atoms with Crippen molar-refractivity contribution in [3.63, 3.8) is 0 Å². The van der Waals surface area contributed by atoms with Crippen molar-refractivity contribution in [3.05, 3.63) is 71.7 Å². The Bertz CT molecular complexity index is 696. The van der Waals surface area contributed by atoms with Gasteiger partial charge in [-0.15, -0.1) is 0 Å². The first kappa shape index (κ1) is 12.1. The Balaban J connectivity index is 2.18. The van der Waals surface area contributed by atoms with E-state index >= 15 is 0 Å². The summed E-state index contributed by atoms with van der Waals surface area (Å²) in [5.41, 5.74) is 4.52. The molecule has 0 unspecified atom stereocenters. The third-order valence-corrected chi connectivity index (χ3v) is 3.35. The topological polar surface area (TPSA) is 25.8 Å². The summed E-state index contributed by atoms with van der Waals surface area (Å²) in [6.45, 7) is 0. The predicted molar refractivity (Wildman–Crippen MR) is 80.6 cm³/mol. The Labute approximate surface area is 120 Å². The molecule has 92 valence electrons. The van der Waals surface area contributed by atoms with Crippen molar-refractivity contribution in [2.45, 2.75) is 0 Å². The van der Waals surface area contributed by atoms with Crippen LogP contribution in [0.15, 0.2) is 71.7 Å². The van der Waals surface area contributed by atoms with Crippen LogP contribution in [0.1, 0.15) is 0 Å². The molecule has 0 bridgehead atoms. The van der Waals surface area contributed by atoms with E-state index in [2.05, 4.69) is 50.2 Å². The highest BCUT2D eigenvalue weighted by Crippen LogP contribution is 2.32.